The quantitative estimate of drug-likeness (QED) is 0.0277. The highest BCUT2D eigenvalue weighted by atomic mass is 31.2. The average Bonchev–Trinajstić information content (AvgIpc) is 3.14. The molecule has 0 heterocycles. The predicted molar refractivity (Wildman–Crippen MR) is 225 cm³/mol. The Morgan fingerprint density at radius 1 is 0.481 bits per heavy atom. The van der Waals surface area contributed by atoms with Crippen LogP contribution in [-0.2, 0) is 28.2 Å². The molecule has 8 nitrogen and oxygen atoms in total. The molecule has 0 radical (unpaired) electrons. The first kappa shape index (κ1) is 51.2. The summed E-state index contributed by atoms with van der Waals surface area (Å²) in [6.07, 6.45) is 53.1. The molecule has 0 fully saturated rings. The van der Waals surface area contributed by atoms with E-state index in [9.17, 15) is 14.2 Å². The van der Waals surface area contributed by atoms with E-state index >= 15 is 0 Å². The Bertz CT molecular complexity index is 1140. The number of carbonyl (C=O) groups excluding carboxylic acids is 2. The van der Waals surface area contributed by atoms with Crippen LogP contribution in [0.1, 0.15) is 168 Å². The first-order valence-electron chi connectivity index (χ1n) is 20.9. The zero-order valence-electron chi connectivity index (χ0n) is 33.8. The number of esters is 2. The molecule has 54 heavy (non-hydrogen) atoms. The van der Waals surface area contributed by atoms with E-state index in [0.29, 0.717) is 12.8 Å². The summed E-state index contributed by atoms with van der Waals surface area (Å²) in [6, 6.07) is 0. The third-order valence-corrected chi connectivity index (χ3v) is 8.89. The minimum absolute atomic E-state index is 0.195. The number of phosphoric ester groups is 1. The van der Waals surface area contributed by atoms with Crippen LogP contribution in [0, 0.1) is 0 Å². The summed E-state index contributed by atoms with van der Waals surface area (Å²) in [5, 5.41) is 0. The standard InChI is InChI=1S/C45H75O8P/c1-3-5-7-9-11-13-15-17-18-19-20-21-22-23-24-25-26-28-30-32-34-36-38-40-45(47)53-43(42-52-54(48,49)50)41-51-44(46)39-37-35-33-31-29-27-16-14-12-10-8-6-4-2/h5-8,11-14,17-18,20-21,27,29,43H,3-4,9-10,15-16,19,22-26,28,30-42H2,1-2H3,(H2,48,49,50)/b7-5-,8-6-,13-11-,14-12-,18-17-,21-20-,29-27-. The van der Waals surface area contributed by atoms with E-state index in [2.05, 4.69) is 103 Å². The molecule has 0 bridgehead atoms. The fourth-order valence-electron chi connectivity index (χ4n) is 5.38. The summed E-state index contributed by atoms with van der Waals surface area (Å²) in [7, 11) is -4.77. The minimum Gasteiger partial charge on any atom is -0.462 e. The van der Waals surface area contributed by atoms with E-state index < -0.39 is 32.5 Å². The van der Waals surface area contributed by atoms with Gasteiger partial charge in [0.05, 0.1) is 6.61 Å². The van der Waals surface area contributed by atoms with Crippen LogP contribution in [0.4, 0.5) is 0 Å². The van der Waals surface area contributed by atoms with Crippen molar-refractivity contribution in [1.29, 1.82) is 0 Å². The Balaban J connectivity index is 3.94. The molecule has 1 unspecified atom stereocenters. The van der Waals surface area contributed by atoms with E-state index in [1.54, 1.807) is 0 Å². The summed E-state index contributed by atoms with van der Waals surface area (Å²) in [6.45, 7) is 3.42. The lowest BCUT2D eigenvalue weighted by Crippen LogP contribution is -2.29. The van der Waals surface area contributed by atoms with Gasteiger partial charge in [-0.05, 0) is 83.5 Å². The van der Waals surface area contributed by atoms with Crippen molar-refractivity contribution in [2.75, 3.05) is 13.2 Å². The van der Waals surface area contributed by atoms with Gasteiger partial charge in [0.15, 0.2) is 6.10 Å². The van der Waals surface area contributed by atoms with Crippen LogP contribution in [-0.4, -0.2) is 41.0 Å². The summed E-state index contributed by atoms with van der Waals surface area (Å²) in [5.41, 5.74) is 0. The molecule has 1 atom stereocenters. The fourth-order valence-corrected chi connectivity index (χ4v) is 5.74. The Morgan fingerprint density at radius 3 is 1.26 bits per heavy atom. The summed E-state index contributed by atoms with van der Waals surface area (Å²) < 4.78 is 26.3. The molecule has 0 spiro atoms. The SMILES string of the molecule is CC/C=C\C/C=C\C/C=C\C/C=C\CCCCCCCCCCCCC(=O)OC(COC(=O)CCCCC/C=C\C/C=C\C/C=C\CC)COP(=O)(O)O. The van der Waals surface area contributed by atoms with Crippen LogP contribution in [0.2, 0.25) is 0 Å². The van der Waals surface area contributed by atoms with E-state index in [0.717, 1.165) is 89.9 Å². The molecule has 0 aliphatic rings. The van der Waals surface area contributed by atoms with Crippen molar-refractivity contribution >= 4 is 19.8 Å². The molecule has 0 aromatic rings. The number of ether oxygens (including phenoxy) is 2. The maximum Gasteiger partial charge on any atom is 0.469 e. The van der Waals surface area contributed by atoms with Gasteiger partial charge in [-0.15, -0.1) is 0 Å². The molecule has 2 N–H and O–H groups in total. The molecule has 308 valence electrons. The average molecular weight is 775 g/mol. The van der Waals surface area contributed by atoms with Gasteiger partial charge in [-0.1, -0.05) is 157 Å². The zero-order valence-corrected chi connectivity index (χ0v) is 34.7. The first-order valence-corrected chi connectivity index (χ1v) is 22.4. The third-order valence-electron chi connectivity index (χ3n) is 8.41. The zero-order chi connectivity index (χ0) is 39.6. The predicted octanol–water partition coefficient (Wildman–Crippen LogP) is 12.8. The molecule has 0 saturated carbocycles. The molecule has 9 heteroatoms. The Kier molecular flexibility index (Phi) is 37.9. The Labute approximate surface area is 329 Å². The number of rotatable bonds is 37. The van der Waals surface area contributed by atoms with Gasteiger partial charge in [0.25, 0.3) is 0 Å². The van der Waals surface area contributed by atoms with Gasteiger partial charge in [-0.2, -0.15) is 0 Å². The van der Waals surface area contributed by atoms with Gasteiger partial charge < -0.3 is 19.3 Å². The maximum absolute atomic E-state index is 12.4. The molecule has 0 rings (SSSR count). The fraction of sp³-hybridized carbons (Fsp3) is 0.644. The number of hydrogen-bond donors (Lipinski definition) is 2. The lowest BCUT2D eigenvalue weighted by Gasteiger charge is -2.18. The van der Waals surface area contributed by atoms with Crippen LogP contribution in [0.15, 0.2) is 85.1 Å². The van der Waals surface area contributed by atoms with Crippen molar-refractivity contribution in [2.45, 2.75) is 174 Å². The number of hydrogen-bond acceptors (Lipinski definition) is 6. The molecule has 0 aliphatic heterocycles. The molecule has 0 amide bonds. The number of allylic oxidation sites excluding steroid dienone is 14. The highest BCUT2D eigenvalue weighted by Crippen LogP contribution is 2.36. The van der Waals surface area contributed by atoms with Crippen molar-refractivity contribution < 1.29 is 37.9 Å². The second kappa shape index (κ2) is 39.9. The van der Waals surface area contributed by atoms with Gasteiger partial charge in [-0.3, -0.25) is 14.1 Å². The van der Waals surface area contributed by atoms with Crippen LogP contribution in [0.5, 0.6) is 0 Å². The Morgan fingerprint density at radius 2 is 0.833 bits per heavy atom. The van der Waals surface area contributed by atoms with Crippen LogP contribution < -0.4 is 0 Å². The largest absolute Gasteiger partial charge is 0.469 e. The van der Waals surface area contributed by atoms with Crippen LogP contribution >= 0.6 is 7.82 Å². The molecule has 0 aromatic heterocycles. The number of phosphoric acid groups is 1. The van der Waals surface area contributed by atoms with E-state index in [1.165, 1.54) is 38.5 Å². The maximum atomic E-state index is 12.4. The van der Waals surface area contributed by atoms with Gasteiger partial charge in [-0.25, -0.2) is 4.57 Å². The van der Waals surface area contributed by atoms with Crippen LogP contribution in [0.3, 0.4) is 0 Å². The van der Waals surface area contributed by atoms with Crippen molar-refractivity contribution in [3.8, 4) is 0 Å². The van der Waals surface area contributed by atoms with Crippen molar-refractivity contribution in [2.24, 2.45) is 0 Å². The Hall–Kier alpha value is -2.77. The first-order chi connectivity index (χ1) is 26.3. The topological polar surface area (TPSA) is 119 Å². The van der Waals surface area contributed by atoms with Gasteiger partial charge in [0.1, 0.15) is 6.61 Å². The molecule has 0 saturated heterocycles. The van der Waals surface area contributed by atoms with Crippen molar-refractivity contribution in [3.05, 3.63) is 85.1 Å². The third kappa shape index (κ3) is 42.0. The van der Waals surface area contributed by atoms with Crippen LogP contribution in [0.25, 0.3) is 0 Å². The smallest absolute Gasteiger partial charge is 0.462 e. The highest BCUT2D eigenvalue weighted by molar-refractivity contribution is 7.46. The van der Waals surface area contributed by atoms with Crippen molar-refractivity contribution in [3.63, 3.8) is 0 Å². The molecule has 0 aliphatic carbocycles. The lowest BCUT2D eigenvalue weighted by molar-refractivity contribution is -0.161. The second-order valence-electron chi connectivity index (χ2n) is 13.5. The monoisotopic (exact) mass is 775 g/mol. The van der Waals surface area contributed by atoms with E-state index in [1.807, 2.05) is 0 Å². The molecule has 0 aromatic carbocycles. The summed E-state index contributed by atoms with van der Waals surface area (Å²) in [4.78, 5) is 42.8. The number of carbonyl (C=O) groups is 2. The lowest BCUT2D eigenvalue weighted by atomic mass is 10.0. The van der Waals surface area contributed by atoms with Gasteiger partial charge in [0.2, 0.25) is 0 Å². The van der Waals surface area contributed by atoms with E-state index in [4.69, 9.17) is 19.3 Å². The van der Waals surface area contributed by atoms with E-state index in [-0.39, 0.29) is 19.4 Å². The second-order valence-corrected chi connectivity index (χ2v) is 14.8. The van der Waals surface area contributed by atoms with Gasteiger partial charge in [0, 0.05) is 12.8 Å². The van der Waals surface area contributed by atoms with Gasteiger partial charge >= 0.3 is 19.8 Å². The molecular weight excluding hydrogens is 699 g/mol. The highest BCUT2D eigenvalue weighted by Gasteiger charge is 2.22. The number of unbranched alkanes of at least 4 members (excludes halogenated alkanes) is 13. The summed E-state index contributed by atoms with van der Waals surface area (Å²) >= 11 is 0. The summed E-state index contributed by atoms with van der Waals surface area (Å²) in [5.74, 6) is -0.931. The normalized spacial score (nSPS) is 13.3. The van der Waals surface area contributed by atoms with Crippen molar-refractivity contribution in [1.82, 2.24) is 0 Å². The minimum atomic E-state index is -4.77. The molecular formula is C45H75O8P.